The summed E-state index contributed by atoms with van der Waals surface area (Å²) in [7, 11) is 1.30. The largest absolute Gasteiger partial charge is 0.481 e. The van der Waals surface area contributed by atoms with Crippen LogP contribution in [0.15, 0.2) is 60.7 Å². The van der Waals surface area contributed by atoms with Gasteiger partial charge in [0.15, 0.2) is 11.6 Å². The number of rotatable bonds is 22. The summed E-state index contributed by atoms with van der Waals surface area (Å²) in [5.41, 5.74) is 12.9. The Morgan fingerprint density at radius 3 is 1.73 bits per heavy atom. The van der Waals surface area contributed by atoms with Crippen molar-refractivity contribution in [3.8, 4) is 0 Å². The smallest absolute Gasteiger partial charge is 0.305 e. The van der Waals surface area contributed by atoms with Gasteiger partial charge in [-0.25, -0.2) is 0 Å². The number of nitrogens with zero attached hydrogens (tertiary/aromatic N) is 1. The number of carboxylic acid groups (broad SMARTS) is 2. The second kappa shape index (κ2) is 21.0. The van der Waals surface area contributed by atoms with Crippen molar-refractivity contribution in [2.24, 2.45) is 17.4 Å². The van der Waals surface area contributed by atoms with Crippen LogP contribution in [0.1, 0.15) is 50.7 Å². The second-order valence-electron chi connectivity index (χ2n) is 12.8. The fraction of sp³-hybridized carbons (Fsp3) is 0.444. The highest BCUT2D eigenvalue weighted by Crippen LogP contribution is 2.16. The summed E-state index contributed by atoms with van der Waals surface area (Å²) in [5, 5.41) is 25.6. The summed E-state index contributed by atoms with van der Waals surface area (Å²) in [6.07, 6.45) is -2.01. The molecule has 0 aliphatic heterocycles. The molecule has 0 fully saturated rings. The number of hydrogen-bond acceptors (Lipinski definition) is 10. The Balaban J connectivity index is 2.51. The van der Waals surface area contributed by atoms with Crippen LogP contribution in [-0.2, 0) is 51.2 Å². The molecular formula is C36H48N6O10. The number of amides is 4. The maximum absolute atomic E-state index is 14.3. The van der Waals surface area contributed by atoms with Gasteiger partial charge in [0, 0.05) is 26.3 Å². The van der Waals surface area contributed by atoms with Gasteiger partial charge in [-0.2, -0.15) is 0 Å². The Bertz CT molecular complexity index is 1570. The summed E-state index contributed by atoms with van der Waals surface area (Å²) in [5.74, 6) is -7.76. The van der Waals surface area contributed by atoms with Gasteiger partial charge >= 0.3 is 11.9 Å². The predicted molar refractivity (Wildman–Crippen MR) is 188 cm³/mol. The van der Waals surface area contributed by atoms with E-state index in [0.717, 1.165) is 4.90 Å². The lowest BCUT2D eigenvalue weighted by molar-refractivity contribution is -0.144. The first-order valence-corrected chi connectivity index (χ1v) is 16.7. The summed E-state index contributed by atoms with van der Waals surface area (Å²) in [6, 6.07) is 9.76. The highest BCUT2D eigenvalue weighted by atomic mass is 16.4. The molecule has 4 amide bonds. The van der Waals surface area contributed by atoms with Gasteiger partial charge < -0.3 is 42.5 Å². The highest BCUT2D eigenvalue weighted by molar-refractivity contribution is 6.12. The maximum atomic E-state index is 14.3. The molecule has 0 heterocycles. The van der Waals surface area contributed by atoms with Crippen LogP contribution < -0.4 is 27.4 Å². The van der Waals surface area contributed by atoms with E-state index in [1.165, 1.54) is 7.05 Å². The van der Waals surface area contributed by atoms with Crippen LogP contribution in [0.25, 0.3) is 0 Å². The predicted octanol–water partition coefficient (Wildman–Crippen LogP) is -0.437. The average molecular weight is 725 g/mol. The van der Waals surface area contributed by atoms with E-state index in [0.29, 0.717) is 11.1 Å². The second-order valence-corrected chi connectivity index (χ2v) is 12.8. The number of nitrogens with one attached hydrogen (secondary N) is 3. The molecule has 16 heteroatoms. The van der Waals surface area contributed by atoms with Crippen molar-refractivity contribution >= 4 is 47.1 Å². The number of carboxylic acids is 2. The minimum Gasteiger partial charge on any atom is -0.481 e. The van der Waals surface area contributed by atoms with Crippen LogP contribution in [0.3, 0.4) is 0 Å². The van der Waals surface area contributed by atoms with E-state index < -0.39 is 103 Å². The van der Waals surface area contributed by atoms with Crippen molar-refractivity contribution < 1.29 is 48.6 Å². The molecule has 2 rings (SSSR count). The van der Waals surface area contributed by atoms with Gasteiger partial charge in [0.25, 0.3) is 0 Å². The van der Waals surface area contributed by atoms with E-state index in [1.807, 2.05) is 13.8 Å². The summed E-state index contributed by atoms with van der Waals surface area (Å²) >= 11 is 0. The lowest BCUT2D eigenvalue weighted by atomic mass is 9.89. The Kier molecular flexibility index (Phi) is 17.3. The summed E-state index contributed by atoms with van der Waals surface area (Å²) < 4.78 is 0. The molecule has 0 spiro atoms. The van der Waals surface area contributed by atoms with Gasteiger partial charge in [-0.1, -0.05) is 74.5 Å². The first-order chi connectivity index (χ1) is 24.5. The first kappa shape index (κ1) is 42.7. The van der Waals surface area contributed by atoms with Crippen molar-refractivity contribution in [3.63, 3.8) is 0 Å². The van der Waals surface area contributed by atoms with Gasteiger partial charge in [-0.3, -0.25) is 38.4 Å². The number of carbonyl (C=O) groups excluding carboxylic acids is 6. The average Bonchev–Trinajstić information content (AvgIpc) is 3.10. The lowest BCUT2D eigenvalue weighted by Gasteiger charge is -2.33. The number of carbonyl (C=O) groups is 8. The van der Waals surface area contributed by atoms with E-state index in [4.69, 9.17) is 16.6 Å². The van der Waals surface area contributed by atoms with Crippen molar-refractivity contribution in [3.05, 3.63) is 71.8 Å². The topological polar surface area (TPSA) is 268 Å². The molecular weight excluding hydrogens is 676 g/mol. The Morgan fingerprint density at radius 1 is 0.692 bits per heavy atom. The molecule has 5 atom stereocenters. The quantitative estimate of drug-likeness (QED) is 0.0763. The molecule has 2 aromatic rings. The van der Waals surface area contributed by atoms with E-state index in [1.54, 1.807) is 60.7 Å². The third-order valence-corrected chi connectivity index (χ3v) is 8.09. The molecule has 1 unspecified atom stereocenters. The Labute approximate surface area is 301 Å². The fourth-order valence-electron chi connectivity index (χ4n) is 5.39. The zero-order valence-electron chi connectivity index (χ0n) is 29.4. The van der Waals surface area contributed by atoms with Gasteiger partial charge in [-0.05, 0) is 23.5 Å². The SMILES string of the molecule is CC(C)C[C@@H](NC(=O)CN)C(=O)C(N)C(=O)[C@@H](Cc1ccccc1)N(C)C(=O)[C@@H](Cc1ccccc1)NC(=O)[C@@H](CC(=O)O)NC(=O)CCC(=O)O. The Morgan fingerprint density at radius 2 is 1.23 bits per heavy atom. The van der Waals surface area contributed by atoms with Crippen molar-refractivity contribution in [2.75, 3.05) is 13.6 Å². The number of nitrogens with two attached hydrogens (primary N) is 2. The number of benzene rings is 2. The van der Waals surface area contributed by atoms with Gasteiger partial charge in [0.2, 0.25) is 23.6 Å². The zero-order chi connectivity index (χ0) is 39.0. The third kappa shape index (κ3) is 14.0. The van der Waals surface area contributed by atoms with E-state index >= 15 is 0 Å². The third-order valence-electron chi connectivity index (χ3n) is 8.09. The number of aliphatic carboxylic acids is 2. The summed E-state index contributed by atoms with van der Waals surface area (Å²) in [4.78, 5) is 104. The van der Waals surface area contributed by atoms with Crippen LogP contribution in [-0.4, -0.2) is 106 Å². The fourth-order valence-corrected chi connectivity index (χ4v) is 5.39. The van der Waals surface area contributed by atoms with Crippen LogP contribution >= 0.6 is 0 Å². The molecule has 0 saturated carbocycles. The molecule has 0 aliphatic rings. The van der Waals surface area contributed by atoms with Crippen molar-refractivity contribution in [1.82, 2.24) is 20.9 Å². The van der Waals surface area contributed by atoms with Crippen LogP contribution in [0.5, 0.6) is 0 Å². The number of Topliss-reactive ketones (excluding diaryl/α,β-unsaturated/α-hetero) is 2. The number of hydrogen-bond donors (Lipinski definition) is 7. The molecule has 52 heavy (non-hydrogen) atoms. The molecule has 16 nitrogen and oxygen atoms in total. The number of ketones is 2. The van der Waals surface area contributed by atoms with E-state index in [9.17, 15) is 43.5 Å². The van der Waals surface area contributed by atoms with Crippen LogP contribution in [0.2, 0.25) is 0 Å². The number of likely N-dealkylation sites (N-methyl/N-ethyl adjacent to an activating group) is 1. The maximum Gasteiger partial charge on any atom is 0.305 e. The van der Waals surface area contributed by atoms with E-state index in [-0.39, 0.29) is 25.2 Å². The van der Waals surface area contributed by atoms with Gasteiger partial charge in [0.1, 0.15) is 18.1 Å². The van der Waals surface area contributed by atoms with E-state index in [2.05, 4.69) is 16.0 Å². The lowest BCUT2D eigenvalue weighted by Crippen LogP contribution is -2.60. The standard InChI is InChI=1S/C36H48N6O10/c1-21(2)16-24(39-29(44)20-37)33(49)32(38)34(50)27(18-23-12-8-5-9-13-23)42(3)36(52)26(17-22-10-6-4-7-11-22)41-35(51)25(19-31(47)48)40-28(43)14-15-30(45)46/h4-13,21,24-27,32H,14-20,37-38H2,1-3H3,(H,39,44)(H,40,43)(H,41,51)(H,45,46)(H,47,48)/t24-,25-,26-,27-,32?/m1/s1. The molecule has 0 radical (unpaired) electrons. The summed E-state index contributed by atoms with van der Waals surface area (Å²) in [6.45, 7) is 3.24. The molecule has 9 N–H and O–H groups in total. The van der Waals surface area contributed by atoms with Crippen molar-refractivity contribution in [2.45, 2.75) is 82.6 Å². The Hall–Kier alpha value is -5.48. The molecule has 0 aromatic heterocycles. The van der Waals surface area contributed by atoms with Crippen LogP contribution in [0.4, 0.5) is 0 Å². The van der Waals surface area contributed by atoms with Crippen LogP contribution in [0, 0.1) is 5.92 Å². The molecule has 0 aliphatic carbocycles. The first-order valence-electron chi connectivity index (χ1n) is 16.7. The molecule has 0 saturated heterocycles. The minimum atomic E-state index is -1.77. The molecule has 2 aromatic carbocycles. The van der Waals surface area contributed by atoms with Gasteiger partial charge in [-0.15, -0.1) is 0 Å². The minimum absolute atomic E-state index is 0.0760. The highest BCUT2D eigenvalue weighted by Gasteiger charge is 2.39. The molecule has 282 valence electrons. The zero-order valence-corrected chi connectivity index (χ0v) is 29.4. The normalized spacial score (nSPS) is 13.8. The monoisotopic (exact) mass is 724 g/mol. The van der Waals surface area contributed by atoms with Crippen molar-refractivity contribution in [1.29, 1.82) is 0 Å². The molecule has 0 bridgehead atoms. The van der Waals surface area contributed by atoms with Gasteiger partial charge in [0.05, 0.1) is 31.5 Å².